The molecular weight excluding hydrogens is 111 g/mol. The molecule has 0 unspecified atom stereocenters. The van der Waals surface area contributed by atoms with Gasteiger partial charge in [-0.05, 0) is 18.9 Å². The van der Waals surface area contributed by atoms with Crippen LogP contribution in [-0.4, -0.2) is 35.3 Å². The molecule has 1 radical (unpaired) electrons. The zero-order valence-electron chi connectivity index (χ0n) is 5.18. The molecule has 0 N–H and O–H groups in total. The van der Waals surface area contributed by atoms with E-state index in [1.807, 2.05) is 6.08 Å². The van der Waals surface area contributed by atoms with Gasteiger partial charge in [0.25, 0.3) is 0 Å². The molecular formula is C6H8NaO. The van der Waals surface area contributed by atoms with E-state index in [0.717, 1.165) is 19.3 Å². The predicted molar refractivity (Wildman–Crippen MR) is 33.8 cm³/mol. The molecule has 0 aliphatic heterocycles. The Labute approximate surface area is 71.4 Å². The first-order valence-electron chi connectivity index (χ1n) is 2.59. The van der Waals surface area contributed by atoms with Crippen LogP contribution in [0, 0.1) is 0 Å². The van der Waals surface area contributed by atoms with Crippen LogP contribution in [0.5, 0.6) is 0 Å². The number of carbonyl (C=O) groups is 1. The van der Waals surface area contributed by atoms with Gasteiger partial charge in [-0.3, -0.25) is 4.79 Å². The molecule has 0 amide bonds. The molecule has 1 aliphatic carbocycles. The maximum Gasteiger partial charge on any atom is 0.155 e. The summed E-state index contributed by atoms with van der Waals surface area (Å²) in [6, 6.07) is 0. The van der Waals surface area contributed by atoms with Crippen molar-refractivity contribution in [1.29, 1.82) is 0 Å². The molecule has 0 saturated carbocycles. The average molecular weight is 119 g/mol. The number of rotatable bonds is 0. The second-order valence-electron chi connectivity index (χ2n) is 1.76. The van der Waals surface area contributed by atoms with Crippen LogP contribution in [0.25, 0.3) is 0 Å². The van der Waals surface area contributed by atoms with E-state index in [1.165, 1.54) is 0 Å². The van der Waals surface area contributed by atoms with Gasteiger partial charge in [0.05, 0.1) is 0 Å². The number of allylic oxidation sites excluding steroid dienone is 2. The summed E-state index contributed by atoms with van der Waals surface area (Å²) >= 11 is 0. The molecule has 39 valence electrons. The Morgan fingerprint density at radius 1 is 1.50 bits per heavy atom. The van der Waals surface area contributed by atoms with Gasteiger partial charge in [0, 0.05) is 36.0 Å². The Bertz CT molecular complexity index is 107. The minimum Gasteiger partial charge on any atom is -0.295 e. The Hall–Kier alpha value is 0.410. The monoisotopic (exact) mass is 119 g/mol. The molecule has 1 aliphatic rings. The molecule has 0 aromatic carbocycles. The summed E-state index contributed by atoms with van der Waals surface area (Å²) in [5.74, 6) is 0.284. The third-order valence-corrected chi connectivity index (χ3v) is 1.10. The fraction of sp³-hybridized carbons (Fsp3) is 0.500. The molecule has 8 heavy (non-hydrogen) atoms. The standard InChI is InChI=1S/C6H8O.Na/c7-6-4-2-1-3-5-6;/h2,4H,1,3,5H2;. The van der Waals surface area contributed by atoms with E-state index in [1.54, 1.807) is 6.08 Å². The maximum atomic E-state index is 10.4. The van der Waals surface area contributed by atoms with Crippen LogP contribution in [0.1, 0.15) is 19.3 Å². The topological polar surface area (TPSA) is 17.1 Å². The maximum absolute atomic E-state index is 10.4. The first kappa shape index (κ1) is 8.41. The van der Waals surface area contributed by atoms with Crippen LogP contribution in [0.2, 0.25) is 0 Å². The predicted octanol–water partition coefficient (Wildman–Crippen LogP) is 0.915. The molecule has 2 heteroatoms. The number of carbonyl (C=O) groups excluding carboxylic acids is 1. The fourth-order valence-corrected chi connectivity index (χ4v) is 0.692. The zero-order valence-corrected chi connectivity index (χ0v) is 7.18. The smallest absolute Gasteiger partial charge is 0.155 e. The summed E-state index contributed by atoms with van der Waals surface area (Å²) in [6.07, 6.45) is 6.51. The largest absolute Gasteiger partial charge is 0.295 e. The van der Waals surface area contributed by atoms with E-state index >= 15 is 0 Å². The number of ketones is 1. The van der Waals surface area contributed by atoms with Crippen LogP contribution < -0.4 is 0 Å². The molecule has 1 rings (SSSR count). The van der Waals surface area contributed by atoms with Crippen molar-refractivity contribution < 1.29 is 4.79 Å². The van der Waals surface area contributed by atoms with Crippen molar-refractivity contribution in [3.05, 3.63) is 12.2 Å². The van der Waals surface area contributed by atoms with Gasteiger partial charge in [-0.1, -0.05) is 6.08 Å². The zero-order chi connectivity index (χ0) is 5.11. The van der Waals surface area contributed by atoms with Crippen molar-refractivity contribution in [2.45, 2.75) is 19.3 Å². The van der Waals surface area contributed by atoms with Gasteiger partial charge < -0.3 is 0 Å². The number of hydrogen-bond donors (Lipinski definition) is 0. The molecule has 0 heterocycles. The van der Waals surface area contributed by atoms with E-state index in [0.29, 0.717) is 0 Å². The Balaban J connectivity index is 0.000000490. The Kier molecular flexibility index (Phi) is 4.53. The van der Waals surface area contributed by atoms with Gasteiger partial charge in [-0.15, -0.1) is 0 Å². The van der Waals surface area contributed by atoms with Crippen molar-refractivity contribution >= 4 is 35.3 Å². The molecule has 0 atom stereocenters. The summed E-state index contributed by atoms with van der Waals surface area (Å²) in [6.45, 7) is 0. The summed E-state index contributed by atoms with van der Waals surface area (Å²) < 4.78 is 0. The van der Waals surface area contributed by atoms with Gasteiger partial charge >= 0.3 is 0 Å². The summed E-state index contributed by atoms with van der Waals surface area (Å²) in [4.78, 5) is 10.4. The first-order valence-corrected chi connectivity index (χ1v) is 2.59. The molecule has 0 fully saturated rings. The SMILES string of the molecule is O=C1C=CCCC1.[Na]. The second-order valence-corrected chi connectivity index (χ2v) is 1.76. The third kappa shape index (κ3) is 2.65. The molecule has 1 nitrogen and oxygen atoms in total. The summed E-state index contributed by atoms with van der Waals surface area (Å²) in [5, 5.41) is 0. The Morgan fingerprint density at radius 2 is 2.25 bits per heavy atom. The van der Waals surface area contributed by atoms with Crippen LogP contribution in [-0.2, 0) is 4.79 Å². The van der Waals surface area contributed by atoms with Gasteiger partial charge in [0.2, 0.25) is 0 Å². The normalized spacial score (nSPS) is 17.8. The van der Waals surface area contributed by atoms with E-state index in [9.17, 15) is 4.79 Å². The van der Waals surface area contributed by atoms with Crippen molar-refractivity contribution in [3.63, 3.8) is 0 Å². The van der Waals surface area contributed by atoms with Crippen molar-refractivity contribution in [2.75, 3.05) is 0 Å². The van der Waals surface area contributed by atoms with Crippen LogP contribution in [0.4, 0.5) is 0 Å². The first-order chi connectivity index (χ1) is 3.39. The molecule has 0 bridgehead atoms. The Morgan fingerprint density at radius 3 is 2.50 bits per heavy atom. The van der Waals surface area contributed by atoms with E-state index < -0.39 is 0 Å². The fourth-order valence-electron chi connectivity index (χ4n) is 0.692. The molecule has 0 saturated heterocycles. The van der Waals surface area contributed by atoms with Crippen LogP contribution in [0.3, 0.4) is 0 Å². The van der Waals surface area contributed by atoms with Crippen molar-refractivity contribution in [3.8, 4) is 0 Å². The quantitative estimate of drug-likeness (QED) is 0.433. The van der Waals surface area contributed by atoms with E-state index in [4.69, 9.17) is 0 Å². The molecule has 0 spiro atoms. The van der Waals surface area contributed by atoms with Gasteiger partial charge in [-0.2, -0.15) is 0 Å². The minimum absolute atomic E-state index is 0. The summed E-state index contributed by atoms with van der Waals surface area (Å²) in [5.41, 5.74) is 0. The molecule has 0 aromatic rings. The average Bonchev–Trinajstić information content (AvgIpc) is 1.69. The van der Waals surface area contributed by atoms with E-state index in [-0.39, 0.29) is 35.3 Å². The van der Waals surface area contributed by atoms with Crippen LogP contribution in [0.15, 0.2) is 12.2 Å². The third-order valence-electron chi connectivity index (χ3n) is 1.10. The van der Waals surface area contributed by atoms with Gasteiger partial charge in [0.15, 0.2) is 5.78 Å². The summed E-state index contributed by atoms with van der Waals surface area (Å²) in [7, 11) is 0. The number of hydrogen-bond acceptors (Lipinski definition) is 1. The second kappa shape index (κ2) is 4.30. The van der Waals surface area contributed by atoms with Gasteiger partial charge in [0.1, 0.15) is 0 Å². The van der Waals surface area contributed by atoms with Crippen LogP contribution >= 0.6 is 0 Å². The van der Waals surface area contributed by atoms with Crippen molar-refractivity contribution in [2.24, 2.45) is 0 Å². The van der Waals surface area contributed by atoms with Crippen molar-refractivity contribution in [1.82, 2.24) is 0 Å². The van der Waals surface area contributed by atoms with Gasteiger partial charge in [-0.25, -0.2) is 0 Å². The van der Waals surface area contributed by atoms with E-state index in [2.05, 4.69) is 0 Å². The molecule has 0 aromatic heterocycles. The minimum atomic E-state index is 0.